The summed E-state index contributed by atoms with van der Waals surface area (Å²) in [6.45, 7) is 8.11. The first-order valence-corrected chi connectivity index (χ1v) is 10.2. The lowest BCUT2D eigenvalue weighted by Gasteiger charge is -2.50. The minimum Gasteiger partial charge on any atom is -0.484 e. The van der Waals surface area contributed by atoms with E-state index in [9.17, 15) is 0 Å². The molecule has 2 aromatic carbocycles. The largest absolute Gasteiger partial charge is 0.484 e. The Hall–Kier alpha value is -2.36. The summed E-state index contributed by atoms with van der Waals surface area (Å²) in [5.41, 5.74) is 2.45. The third kappa shape index (κ3) is 2.81. The van der Waals surface area contributed by atoms with Crippen LogP contribution in [0.1, 0.15) is 19.4 Å². The average Bonchev–Trinajstić information content (AvgIpc) is 2.74. The molecule has 1 aliphatic carbocycles. The molecular formula is C25H27NO2. The van der Waals surface area contributed by atoms with Gasteiger partial charge in [0.05, 0.1) is 13.2 Å². The zero-order chi connectivity index (χ0) is 19.1. The number of rotatable bonds is 2. The van der Waals surface area contributed by atoms with Crippen molar-refractivity contribution in [2.75, 3.05) is 26.3 Å². The maximum absolute atomic E-state index is 6.72. The first kappa shape index (κ1) is 17.7. The van der Waals surface area contributed by atoms with Gasteiger partial charge >= 0.3 is 0 Å². The van der Waals surface area contributed by atoms with E-state index in [0.717, 1.165) is 37.6 Å². The molecular weight excluding hydrogens is 346 g/mol. The second kappa shape index (κ2) is 6.91. The van der Waals surface area contributed by atoms with Gasteiger partial charge in [0.25, 0.3) is 0 Å². The van der Waals surface area contributed by atoms with E-state index < -0.39 is 0 Å². The quantitative estimate of drug-likeness (QED) is 0.752. The highest BCUT2D eigenvalue weighted by Crippen LogP contribution is 2.43. The zero-order valence-corrected chi connectivity index (χ0v) is 16.6. The maximum Gasteiger partial charge on any atom is 0.135 e. The summed E-state index contributed by atoms with van der Waals surface area (Å²) in [6, 6.07) is 12.8. The van der Waals surface area contributed by atoms with Gasteiger partial charge < -0.3 is 9.47 Å². The Morgan fingerprint density at radius 2 is 1.89 bits per heavy atom. The van der Waals surface area contributed by atoms with Gasteiger partial charge in [-0.1, -0.05) is 66.3 Å². The lowest BCUT2D eigenvalue weighted by Crippen LogP contribution is -2.58. The highest BCUT2D eigenvalue weighted by Gasteiger charge is 2.45. The van der Waals surface area contributed by atoms with E-state index in [-0.39, 0.29) is 17.6 Å². The molecule has 0 aromatic heterocycles. The van der Waals surface area contributed by atoms with E-state index in [4.69, 9.17) is 9.47 Å². The SMILES string of the molecule is CC1=CC=CC(C)(N2CCOCC2)C1C1C=Cc2ccc3ccccc3c2O1. The third-order valence-corrected chi connectivity index (χ3v) is 6.56. The third-order valence-electron chi connectivity index (χ3n) is 6.56. The van der Waals surface area contributed by atoms with E-state index in [0.29, 0.717) is 0 Å². The molecule has 3 aliphatic rings. The highest BCUT2D eigenvalue weighted by molar-refractivity contribution is 5.92. The molecule has 0 N–H and O–H groups in total. The van der Waals surface area contributed by atoms with Gasteiger partial charge in [-0.2, -0.15) is 0 Å². The smallest absolute Gasteiger partial charge is 0.135 e. The van der Waals surface area contributed by atoms with Crippen molar-refractivity contribution in [1.29, 1.82) is 0 Å². The number of morpholine rings is 1. The van der Waals surface area contributed by atoms with Crippen LogP contribution in [0, 0.1) is 5.92 Å². The molecule has 0 radical (unpaired) electrons. The van der Waals surface area contributed by atoms with Gasteiger partial charge in [0.15, 0.2) is 0 Å². The van der Waals surface area contributed by atoms with E-state index in [1.54, 1.807) is 0 Å². The normalized spacial score (nSPS) is 30.0. The Kier molecular flexibility index (Phi) is 4.37. The van der Waals surface area contributed by atoms with E-state index >= 15 is 0 Å². The van der Waals surface area contributed by atoms with Crippen LogP contribution in [0.15, 0.2) is 66.3 Å². The molecule has 2 aromatic rings. The van der Waals surface area contributed by atoms with E-state index in [1.165, 1.54) is 16.3 Å². The molecule has 0 saturated carbocycles. The summed E-state index contributed by atoms with van der Waals surface area (Å²) in [7, 11) is 0. The Balaban J connectivity index is 1.54. The summed E-state index contributed by atoms with van der Waals surface area (Å²) >= 11 is 0. The summed E-state index contributed by atoms with van der Waals surface area (Å²) in [5.74, 6) is 1.27. The predicted molar refractivity (Wildman–Crippen MR) is 115 cm³/mol. The van der Waals surface area contributed by atoms with Crippen LogP contribution in [0.25, 0.3) is 16.8 Å². The fourth-order valence-corrected chi connectivity index (χ4v) is 5.08. The van der Waals surface area contributed by atoms with Crippen LogP contribution in [0.5, 0.6) is 5.75 Å². The van der Waals surface area contributed by atoms with Crippen molar-refractivity contribution in [2.24, 2.45) is 5.92 Å². The number of hydrogen-bond donors (Lipinski definition) is 0. The topological polar surface area (TPSA) is 21.7 Å². The highest BCUT2D eigenvalue weighted by atomic mass is 16.5. The number of allylic oxidation sites excluding steroid dienone is 2. The molecule has 5 rings (SSSR count). The van der Waals surface area contributed by atoms with Gasteiger partial charge in [-0.3, -0.25) is 4.90 Å². The molecule has 28 heavy (non-hydrogen) atoms. The van der Waals surface area contributed by atoms with Crippen molar-refractivity contribution in [3.8, 4) is 5.75 Å². The number of ether oxygens (including phenoxy) is 2. The van der Waals surface area contributed by atoms with Crippen LogP contribution < -0.4 is 4.74 Å². The second-order valence-electron chi connectivity index (χ2n) is 8.22. The molecule has 0 amide bonds. The Labute approximate surface area is 166 Å². The molecule has 2 aliphatic heterocycles. The molecule has 3 unspecified atom stereocenters. The first-order valence-electron chi connectivity index (χ1n) is 10.2. The zero-order valence-electron chi connectivity index (χ0n) is 16.6. The summed E-state index contributed by atoms with van der Waals surface area (Å²) in [4.78, 5) is 2.56. The standard InChI is InChI=1S/C25H27NO2/c1-18-6-5-13-25(2,26-14-16-27-17-15-26)23(18)22-12-11-20-10-9-19-7-3-4-8-21(19)24(20)28-22/h3-13,22-23H,14-17H2,1-2H3. The van der Waals surface area contributed by atoms with Crippen LogP contribution in [0.2, 0.25) is 0 Å². The average molecular weight is 373 g/mol. The van der Waals surface area contributed by atoms with Crippen molar-refractivity contribution >= 4 is 16.8 Å². The van der Waals surface area contributed by atoms with Crippen LogP contribution in [-0.2, 0) is 4.74 Å². The van der Waals surface area contributed by atoms with Crippen LogP contribution >= 0.6 is 0 Å². The van der Waals surface area contributed by atoms with Crippen LogP contribution in [-0.4, -0.2) is 42.8 Å². The van der Waals surface area contributed by atoms with Crippen LogP contribution in [0.3, 0.4) is 0 Å². The summed E-state index contributed by atoms with van der Waals surface area (Å²) in [5, 5.41) is 2.41. The van der Waals surface area contributed by atoms with Crippen molar-refractivity contribution in [3.05, 3.63) is 71.8 Å². The summed E-state index contributed by atoms with van der Waals surface area (Å²) in [6.07, 6.45) is 11.3. The molecule has 0 bridgehead atoms. The first-order chi connectivity index (χ1) is 13.7. The predicted octanol–water partition coefficient (Wildman–Crippen LogP) is 4.84. The number of fused-ring (bicyclic) bond motifs is 3. The van der Waals surface area contributed by atoms with Gasteiger partial charge in [-0.05, 0) is 25.3 Å². The summed E-state index contributed by atoms with van der Waals surface area (Å²) < 4.78 is 12.3. The van der Waals surface area contributed by atoms with Gasteiger partial charge in [0.2, 0.25) is 0 Å². The Morgan fingerprint density at radius 1 is 1.07 bits per heavy atom. The van der Waals surface area contributed by atoms with Gasteiger partial charge in [-0.25, -0.2) is 0 Å². The lowest BCUT2D eigenvalue weighted by molar-refractivity contribution is -0.0285. The molecule has 3 heteroatoms. The number of benzene rings is 2. The Bertz CT molecular complexity index is 983. The number of hydrogen-bond acceptors (Lipinski definition) is 3. The minimum atomic E-state index is -0.0836. The van der Waals surface area contributed by atoms with Crippen molar-refractivity contribution < 1.29 is 9.47 Å². The molecule has 0 spiro atoms. The maximum atomic E-state index is 6.72. The molecule has 3 nitrogen and oxygen atoms in total. The van der Waals surface area contributed by atoms with Crippen LogP contribution in [0.4, 0.5) is 0 Å². The van der Waals surface area contributed by atoms with Crippen molar-refractivity contribution in [2.45, 2.75) is 25.5 Å². The number of nitrogens with zero attached hydrogens (tertiary/aromatic N) is 1. The fraction of sp³-hybridized carbons (Fsp3) is 0.360. The van der Waals surface area contributed by atoms with E-state index in [1.807, 2.05) is 0 Å². The van der Waals surface area contributed by atoms with Gasteiger partial charge in [0.1, 0.15) is 11.9 Å². The molecule has 144 valence electrons. The molecule has 1 fully saturated rings. The van der Waals surface area contributed by atoms with Gasteiger partial charge in [-0.15, -0.1) is 0 Å². The minimum absolute atomic E-state index is 0.00681. The molecule has 3 atom stereocenters. The monoisotopic (exact) mass is 373 g/mol. The second-order valence-corrected chi connectivity index (χ2v) is 8.22. The van der Waals surface area contributed by atoms with Crippen molar-refractivity contribution in [3.63, 3.8) is 0 Å². The van der Waals surface area contributed by atoms with E-state index in [2.05, 4.69) is 85.5 Å². The van der Waals surface area contributed by atoms with Crippen molar-refractivity contribution in [1.82, 2.24) is 4.90 Å². The lowest BCUT2D eigenvalue weighted by atomic mass is 9.72. The molecule has 1 saturated heterocycles. The molecule has 2 heterocycles. The van der Waals surface area contributed by atoms with Gasteiger partial charge in [0, 0.05) is 35.5 Å². The Morgan fingerprint density at radius 3 is 2.75 bits per heavy atom. The fourth-order valence-electron chi connectivity index (χ4n) is 5.08.